The molecule has 96 valence electrons. The molecule has 1 aromatic carbocycles. The predicted molar refractivity (Wildman–Crippen MR) is 84.7 cm³/mol. The van der Waals surface area contributed by atoms with Crippen molar-refractivity contribution >= 4 is 45.3 Å². The third kappa shape index (κ3) is 2.61. The van der Waals surface area contributed by atoms with Gasteiger partial charge in [0.2, 0.25) is 0 Å². The molecule has 2 rings (SSSR count). The summed E-state index contributed by atoms with van der Waals surface area (Å²) < 4.78 is 14.2. The van der Waals surface area contributed by atoms with E-state index in [9.17, 15) is 4.39 Å². The van der Waals surface area contributed by atoms with Gasteiger partial charge in [-0.25, -0.2) is 4.39 Å². The number of halogens is 2. The zero-order valence-corrected chi connectivity index (χ0v) is 13.1. The third-order valence-corrected chi connectivity index (χ3v) is 4.85. The van der Waals surface area contributed by atoms with Crippen LogP contribution in [0.25, 0.3) is 0 Å². The molecule has 1 heterocycles. The molecule has 0 aliphatic heterocycles. The normalized spacial score (nSPS) is 12.4. The first-order valence-corrected chi connectivity index (χ1v) is 7.47. The minimum absolute atomic E-state index is 0.173. The highest BCUT2D eigenvalue weighted by Gasteiger charge is 2.17. The Bertz CT molecular complexity index is 542. The molecule has 0 saturated heterocycles. The van der Waals surface area contributed by atoms with Crippen molar-refractivity contribution in [3.63, 3.8) is 0 Å². The Balaban J connectivity index is 2.34. The highest BCUT2D eigenvalue weighted by Crippen LogP contribution is 2.33. The van der Waals surface area contributed by atoms with Crippen LogP contribution in [-0.4, -0.2) is 7.05 Å². The first-order chi connectivity index (χ1) is 8.50. The quantitative estimate of drug-likeness (QED) is 0.640. The molecule has 2 aromatic rings. The van der Waals surface area contributed by atoms with E-state index in [1.807, 2.05) is 46.0 Å². The Hall–Kier alpha value is -0.820. The molecule has 0 aliphatic carbocycles. The number of thiophene rings is 1. The van der Waals surface area contributed by atoms with Crippen molar-refractivity contribution in [2.75, 3.05) is 17.7 Å². The second kappa shape index (κ2) is 5.44. The van der Waals surface area contributed by atoms with Crippen LogP contribution < -0.4 is 10.6 Å². The van der Waals surface area contributed by atoms with Gasteiger partial charge in [0.25, 0.3) is 0 Å². The second-order valence-corrected chi connectivity index (χ2v) is 6.27. The number of hydrogen-bond donors (Lipinski definition) is 1. The first-order valence-electron chi connectivity index (χ1n) is 5.51. The number of nitrogen functional groups attached to an aromatic ring is 1. The van der Waals surface area contributed by atoms with Gasteiger partial charge in [-0.05, 0) is 47.0 Å². The van der Waals surface area contributed by atoms with Gasteiger partial charge < -0.3 is 10.6 Å². The Kier molecular flexibility index (Phi) is 4.11. The fourth-order valence-electron chi connectivity index (χ4n) is 1.79. The molecule has 0 spiro atoms. The highest BCUT2D eigenvalue weighted by molar-refractivity contribution is 14.1. The Morgan fingerprint density at radius 3 is 2.78 bits per heavy atom. The van der Waals surface area contributed by atoms with E-state index in [4.69, 9.17) is 5.73 Å². The third-order valence-electron chi connectivity index (χ3n) is 2.99. The molecule has 0 aliphatic rings. The van der Waals surface area contributed by atoms with Crippen molar-refractivity contribution in [3.05, 3.63) is 43.9 Å². The number of benzene rings is 1. The van der Waals surface area contributed by atoms with Gasteiger partial charge in [-0.3, -0.25) is 0 Å². The van der Waals surface area contributed by atoms with E-state index in [1.165, 1.54) is 10.9 Å². The first kappa shape index (κ1) is 13.6. The Labute approximate surface area is 124 Å². The monoisotopic (exact) mass is 376 g/mol. The lowest BCUT2D eigenvalue weighted by Crippen LogP contribution is -2.22. The number of anilines is 2. The van der Waals surface area contributed by atoms with Crippen LogP contribution in [0.3, 0.4) is 0 Å². The summed E-state index contributed by atoms with van der Waals surface area (Å²) in [7, 11) is 1.93. The molecule has 0 amide bonds. The largest absolute Gasteiger partial charge is 0.397 e. The van der Waals surface area contributed by atoms with Gasteiger partial charge in [0.15, 0.2) is 0 Å². The topological polar surface area (TPSA) is 29.3 Å². The van der Waals surface area contributed by atoms with Gasteiger partial charge in [-0.2, -0.15) is 0 Å². The Morgan fingerprint density at radius 1 is 1.44 bits per heavy atom. The van der Waals surface area contributed by atoms with Gasteiger partial charge in [-0.1, -0.05) is 6.07 Å². The van der Waals surface area contributed by atoms with Crippen LogP contribution in [0.5, 0.6) is 0 Å². The number of rotatable bonds is 3. The summed E-state index contributed by atoms with van der Waals surface area (Å²) in [6, 6.07) is 7.43. The van der Waals surface area contributed by atoms with Gasteiger partial charge in [-0.15, -0.1) is 11.3 Å². The summed E-state index contributed by atoms with van der Waals surface area (Å²) in [6.07, 6.45) is 0. The van der Waals surface area contributed by atoms with Crippen molar-refractivity contribution in [1.29, 1.82) is 0 Å². The second-order valence-electron chi connectivity index (χ2n) is 4.13. The molecular formula is C13H14FIN2S. The van der Waals surface area contributed by atoms with Crippen LogP contribution in [-0.2, 0) is 0 Å². The Morgan fingerprint density at radius 2 is 2.17 bits per heavy atom. The van der Waals surface area contributed by atoms with Crippen LogP contribution in [0.15, 0.2) is 29.6 Å². The molecule has 1 aromatic heterocycles. The molecule has 1 atom stereocenters. The van der Waals surface area contributed by atoms with E-state index >= 15 is 0 Å². The lowest BCUT2D eigenvalue weighted by Gasteiger charge is -2.27. The lowest BCUT2D eigenvalue weighted by molar-refractivity contribution is 0.618. The maximum Gasteiger partial charge on any atom is 0.138 e. The van der Waals surface area contributed by atoms with Crippen LogP contribution in [0.2, 0.25) is 0 Å². The molecule has 1 unspecified atom stereocenters. The number of nitrogens with zero attached hydrogens (tertiary/aromatic N) is 1. The van der Waals surface area contributed by atoms with E-state index in [0.29, 0.717) is 9.26 Å². The SMILES string of the molecule is CC(c1cccs1)N(C)c1cc(F)c(I)cc1N. The molecule has 18 heavy (non-hydrogen) atoms. The smallest absolute Gasteiger partial charge is 0.138 e. The molecule has 0 fully saturated rings. The average molecular weight is 376 g/mol. The molecular weight excluding hydrogens is 362 g/mol. The van der Waals surface area contributed by atoms with Crippen LogP contribution in [0, 0.1) is 9.39 Å². The fourth-order valence-corrected chi connectivity index (χ4v) is 3.10. The van der Waals surface area contributed by atoms with E-state index in [2.05, 4.69) is 13.0 Å². The van der Waals surface area contributed by atoms with Crippen molar-refractivity contribution in [2.24, 2.45) is 0 Å². The maximum absolute atomic E-state index is 13.6. The zero-order chi connectivity index (χ0) is 13.3. The highest BCUT2D eigenvalue weighted by atomic mass is 127. The van der Waals surface area contributed by atoms with E-state index in [-0.39, 0.29) is 11.9 Å². The standard InChI is InChI=1S/C13H14FIN2S/c1-8(13-4-3-5-18-13)17(2)12-6-9(14)10(15)7-11(12)16/h3-8H,16H2,1-2H3. The molecule has 5 heteroatoms. The van der Waals surface area contributed by atoms with Crippen LogP contribution >= 0.6 is 33.9 Å². The predicted octanol–water partition coefficient (Wildman–Crippen LogP) is 4.27. The summed E-state index contributed by atoms with van der Waals surface area (Å²) in [5, 5.41) is 2.04. The molecule has 0 saturated carbocycles. The average Bonchev–Trinajstić information content (AvgIpc) is 2.85. The number of nitrogens with two attached hydrogens (primary N) is 1. The summed E-state index contributed by atoms with van der Waals surface area (Å²) in [4.78, 5) is 3.23. The van der Waals surface area contributed by atoms with Gasteiger partial charge in [0.1, 0.15) is 5.82 Å². The van der Waals surface area contributed by atoms with Gasteiger partial charge >= 0.3 is 0 Å². The minimum Gasteiger partial charge on any atom is -0.397 e. The van der Waals surface area contributed by atoms with Crippen molar-refractivity contribution in [2.45, 2.75) is 13.0 Å². The van der Waals surface area contributed by atoms with Crippen molar-refractivity contribution < 1.29 is 4.39 Å². The molecule has 2 N–H and O–H groups in total. The maximum atomic E-state index is 13.6. The summed E-state index contributed by atoms with van der Waals surface area (Å²) >= 11 is 3.64. The minimum atomic E-state index is -0.231. The van der Waals surface area contributed by atoms with Gasteiger partial charge in [0, 0.05) is 18.0 Å². The summed E-state index contributed by atoms with van der Waals surface area (Å²) in [5.74, 6) is -0.231. The lowest BCUT2D eigenvalue weighted by atomic mass is 10.2. The van der Waals surface area contributed by atoms with E-state index in [1.54, 1.807) is 17.4 Å². The fraction of sp³-hybridized carbons (Fsp3) is 0.231. The molecule has 0 radical (unpaired) electrons. The summed E-state index contributed by atoms with van der Waals surface area (Å²) in [6.45, 7) is 2.08. The molecule has 0 bridgehead atoms. The summed E-state index contributed by atoms with van der Waals surface area (Å²) in [5.41, 5.74) is 7.31. The van der Waals surface area contributed by atoms with Gasteiger partial charge in [0.05, 0.1) is 21.0 Å². The van der Waals surface area contributed by atoms with Crippen molar-refractivity contribution in [1.82, 2.24) is 0 Å². The number of hydrogen-bond acceptors (Lipinski definition) is 3. The van der Waals surface area contributed by atoms with E-state index < -0.39 is 0 Å². The van der Waals surface area contributed by atoms with Crippen LogP contribution in [0.1, 0.15) is 17.8 Å². The zero-order valence-electron chi connectivity index (χ0n) is 10.2. The van der Waals surface area contributed by atoms with Crippen molar-refractivity contribution in [3.8, 4) is 0 Å². The molecule has 2 nitrogen and oxygen atoms in total. The van der Waals surface area contributed by atoms with Crippen LogP contribution in [0.4, 0.5) is 15.8 Å². The van der Waals surface area contributed by atoms with E-state index in [0.717, 1.165) is 5.69 Å².